The Morgan fingerprint density at radius 2 is 1.35 bits per heavy atom. The van der Waals surface area contributed by atoms with Crippen LogP contribution in [0.1, 0.15) is 16.7 Å². The molecule has 1 heterocycles. The lowest BCUT2D eigenvalue weighted by molar-refractivity contribution is 0.0342. The molecule has 0 amide bonds. The largest absolute Gasteiger partial charge is 0.508 e. The van der Waals surface area contributed by atoms with Crippen molar-refractivity contribution >= 4 is 0 Å². The number of phenolic OH excluding ortho intramolecular Hbond substituents is 1. The monoisotopic (exact) mass is 312 g/mol. The minimum absolute atomic E-state index is 0.310. The van der Waals surface area contributed by atoms with Crippen LogP contribution in [0.3, 0.4) is 0 Å². The van der Waals surface area contributed by atoms with E-state index in [1.165, 1.54) is 16.7 Å². The molecule has 4 nitrogen and oxygen atoms in total. The third kappa shape index (κ3) is 5.06. The molecule has 0 aliphatic carbocycles. The van der Waals surface area contributed by atoms with Gasteiger partial charge in [0.2, 0.25) is 0 Å². The standard InChI is InChI=1S/C19H24N2O2/c22-19-7-5-17(6-8-19)14-20-13-16-1-3-18(4-2-16)15-21-9-11-23-12-10-21/h1-8,20,22H,9-15H2. The number of hydrogen-bond donors (Lipinski definition) is 2. The van der Waals surface area contributed by atoms with Crippen LogP contribution in [-0.4, -0.2) is 36.3 Å². The topological polar surface area (TPSA) is 44.7 Å². The molecule has 1 aliphatic heterocycles. The molecule has 4 heteroatoms. The van der Waals surface area contributed by atoms with E-state index in [4.69, 9.17) is 4.74 Å². The van der Waals surface area contributed by atoms with Crippen molar-refractivity contribution in [2.24, 2.45) is 0 Å². The molecule has 3 rings (SSSR count). The highest BCUT2D eigenvalue weighted by molar-refractivity contribution is 5.26. The first kappa shape index (κ1) is 16.0. The molecule has 0 saturated carbocycles. The molecule has 1 aliphatic rings. The van der Waals surface area contributed by atoms with E-state index < -0.39 is 0 Å². The highest BCUT2D eigenvalue weighted by atomic mass is 16.5. The fraction of sp³-hybridized carbons (Fsp3) is 0.368. The van der Waals surface area contributed by atoms with E-state index in [0.29, 0.717) is 5.75 Å². The van der Waals surface area contributed by atoms with Crippen molar-refractivity contribution in [3.8, 4) is 5.75 Å². The Morgan fingerprint density at radius 3 is 1.96 bits per heavy atom. The van der Waals surface area contributed by atoms with E-state index in [-0.39, 0.29) is 0 Å². The summed E-state index contributed by atoms with van der Waals surface area (Å²) in [7, 11) is 0. The summed E-state index contributed by atoms with van der Waals surface area (Å²) in [5.41, 5.74) is 3.82. The quantitative estimate of drug-likeness (QED) is 0.860. The van der Waals surface area contributed by atoms with Gasteiger partial charge in [-0.25, -0.2) is 0 Å². The lowest BCUT2D eigenvalue weighted by Crippen LogP contribution is -2.35. The summed E-state index contributed by atoms with van der Waals surface area (Å²) in [6.07, 6.45) is 0. The smallest absolute Gasteiger partial charge is 0.115 e. The van der Waals surface area contributed by atoms with Crippen molar-refractivity contribution in [1.82, 2.24) is 10.2 Å². The van der Waals surface area contributed by atoms with Crippen molar-refractivity contribution in [2.75, 3.05) is 26.3 Å². The molecule has 2 N–H and O–H groups in total. The summed E-state index contributed by atoms with van der Waals surface area (Å²) in [5.74, 6) is 0.310. The first-order valence-electron chi connectivity index (χ1n) is 8.16. The van der Waals surface area contributed by atoms with E-state index in [0.717, 1.165) is 45.9 Å². The maximum atomic E-state index is 9.27. The molecule has 0 atom stereocenters. The van der Waals surface area contributed by atoms with Gasteiger partial charge >= 0.3 is 0 Å². The highest BCUT2D eigenvalue weighted by Gasteiger charge is 2.10. The van der Waals surface area contributed by atoms with Gasteiger partial charge < -0.3 is 15.2 Å². The number of benzene rings is 2. The predicted octanol–water partition coefficient (Wildman–Crippen LogP) is 2.51. The first-order valence-corrected chi connectivity index (χ1v) is 8.16. The molecule has 1 saturated heterocycles. The van der Waals surface area contributed by atoms with Crippen molar-refractivity contribution < 1.29 is 9.84 Å². The molecular weight excluding hydrogens is 288 g/mol. The van der Waals surface area contributed by atoms with E-state index in [2.05, 4.69) is 34.5 Å². The minimum atomic E-state index is 0.310. The number of rotatable bonds is 6. The minimum Gasteiger partial charge on any atom is -0.508 e. The average Bonchev–Trinajstić information content (AvgIpc) is 2.59. The molecule has 2 aromatic rings. The van der Waals surface area contributed by atoms with Gasteiger partial charge in [0.15, 0.2) is 0 Å². The second-order valence-corrected chi connectivity index (χ2v) is 5.98. The Hall–Kier alpha value is -1.88. The molecule has 0 radical (unpaired) electrons. The summed E-state index contributed by atoms with van der Waals surface area (Å²) >= 11 is 0. The van der Waals surface area contributed by atoms with Gasteiger partial charge in [0, 0.05) is 32.7 Å². The van der Waals surface area contributed by atoms with E-state index in [9.17, 15) is 5.11 Å². The summed E-state index contributed by atoms with van der Waals surface area (Å²) in [5, 5.41) is 12.7. The Labute approximate surface area is 137 Å². The van der Waals surface area contributed by atoms with Gasteiger partial charge in [-0.15, -0.1) is 0 Å². The number of ether oxygens (including phenoxy) is 1. The third-order valence-electron chi connectivity index (χ3n) is 4.13. The van der Waals surface area contributed by atoms with Gasteiger partial charge in [-0.3, -0.25) is 4.90 Å². The maximum absolute atomic E-state index is 9.27. The Morgan fingerprint density at radius 1 is 0.826 bits per heavy atom. The number of nitrogens with zero attached hydrogens (tertiary/aromatic N) is 1. The van der Waals surface area contributed by atoms with Crippen molar-refractivity contribution in [3.05, 3.63) is 65.2 Å². The molecule has 1 fully saturated rings. The van der Waals surface area contributed by atoms with E-state index in [1.807, 2.05) is 12.1 Å². The van der Waals surface area contributed by atoms with Crippen molar-refractivity contribution in [3.63, 3.8) is 0 Å². The zero-order valence-corrected chi connectivity index (χ0v) is 13.4. The molecule has 0 spiro atoms. The van der Waals surface area contributed by atoms with Gasteiger partial charge in [0.25, 0.3) is 0 Å². The Kier molecular flexibility index (Phi) is 5.64. The van der Waals surface area contributed by atoms with Gasteiger partial charge in [-0.05, 0) is 28.8 Å². The predicted molar refractivity (Wildman–Crippen MR) is 91.2 cm³/mol. The number of phenols is 1. The Bertz CT molecular complexity index is 590. The van der Waals surface area contributed by atoms with Gasteiger partial charge in [0.05, 0.1) is 13.2 Å². The maximum Gasteiger partial charge on any atom is 0.115 e. The van der Waals surface area contributed by atoms with Crippen LogP contribution in [-0.2, 0) is 24.4 Å². The van der Waals surface area contributed by atoms with Crippen LogP contribution in [0.15, 0.2) is 48.5 Å². The molecule has 23 heavy (non-hydrogen) atoms. The summed E-state index contributed by atoms with van der Waals surface area (Å²) in [4.78, 5) is 2.43. The van der Waals surface area contributed by atoms with Crippen molar-refractivity contribution in [1.29, 1.82) is 0 Å². The van der Waals surface area contributed by atoms with Crippen LogP contribution in [0.4, 0.5) is 0 Å². The Balaban J connectivity index is 1.44. The van der Waals surface area contributed by atoms with Gasteiger partial charge in [0.1, 0.15) is 5.75 Å². The molecule has 0 unspecified atom stereocenters. The molecular formula is C19H24N2O2. The SMILES string of the molecule is Oc1ccc(CNCc2ccc(CN3CCOCC3)cc2)cc1. The zero-order chi connectivity index (χ0) is 15.9. The van der Waals surface area contributed by atoms with Crippen LogP contribution < -0.4 is 5.32 Å². The van der Waals surface area contributed by atoms with Crippen LogP contribution in [0.5, 0.6) is 5.75 Å². The van der Waals surface area contributed by atoms with Crippen LogP contribution >= 0.6 is 0 Å². The number of hydrogen-bond acceptors (Lipinski definition) is 4. The second-order valence-electron chi connectivity index (χ2n) is 5.98. The van der Waals surface area contributed by atoms with Crippen LogP contribution in [0, 0.1) is 0 Å². The van der Waals surface area contributed by atoms with Crippen molar-refractivity contribution in [2.45, 2.75) is 19.6 Å². The first-order chi connectivity index (χ1) is 11.3. The highest BCUT2D eigenvalue weighted by Crippen LogP contribution is 2.11. The summed E-state index contributed by atoms with van der Waals surface area (Å²) < 4.78 is 5.38. The van der Waals surface area contributed by atoms with Gasteiger partial charge in [-0.1, -0.05) is 36.4 Å². The molecule has 0 aromatic heterocycles. The number of nitrogens with one attached hydrogen (secondary N) is 1. The molecule has 122 valence electrons. The molecule has 0 bridgehead atoms. The van der Waals surface area contributed by atoms with E-state index >= 15 is 0 Å². The van der Waals surface area contributed by atoms with E-state index in [1.54, 1.807) is 12.1 Å². The van der Waals surface area contributed by atoms with Crippen LogP contribution in [0.25, 0.3) is 0 Å². The summed E-state index contributed by atoms with van der Waals surface area (Å²) in [6.45, 7) is 6.39. The van der Waals surface area contributed by atoms with Crippen LogP contribution in [0.2, 0.25) is 0 Å². The average molecular weight is 312 g/mol. The fourth-order valence-corrected chi connectivity index (χ4v) is 2.74. The normalized spacial score (nSPS) is 15.7. The number of aromatic hydroxyl groups is 1. The third-order valence-corrected chi connectivity index (χ3v) is 4.13. The van der Waals surface area contributed by atoms with Gasteiger partial charge in [-0.2, -0.15) is 0 Å². The zero-order valence-electron chi connectivity index (χ0n) is 13.4. The molecule has 2 aromatic carbocycles. The fourth-order valence-electron chi connectivity index (χ4n) is 2.74. The second kappa shape index (κ2) is 8.11. The summed E-state index contributed by atoms with van der Waals surface area (Å²) in [6, 6.07) is 16.1. The lowest BCUT2D eigenvalue weighted by atomic mass is 10.1. The number of morpholine rings is 1. The lowest BCUT2D eigenvalue weighted by Gasteiger charge is -2.26.